The van der Waals surface area contributed by atoms with Gasteiger partial charge in [0.15, 0.2) is 8.32 Å². The third-order valence-electron chi connectivity index (χ3n) is 5.67. The van der Waals surface area contributed by atoms with Crippen LogP contribution < -0.4 is 0 Å². The Balaban J connectivity index is 2.22. The highest BCUT2D eigenvalue weighted by molar-refractivity contribution is 6.74. The second kappa shape index (κ2) is 3.69. The fourth-order valence-electron chi connectivity index (χ4n) is 3.14. The number of hydrogen-bond acceptors (Lipinski definition) is 2. The minimum Gasteiger partial charge on any atom is -0.413 e. The van der Waals surface area contributed by atoms with Crippen molar-refractivity contribution < 1.29 is 9.22 Å². The molecule has 2 rings (SSSR count). The standard InChI is InChI=1S/C15H28O2Si/c1-9-10-11(9)13(15(5,6)12(10)16)17-18(7,8)14(2,3)4/h9-11,13H,1-8H3/t9-,10-,11+,13-/m0/s1. The molecule has 18 heavy (non-hydrogen) atoms. The largest absolute Gasteiger partial charge is 0.413 e. The first kappa shape index (κ1) is 14.3. The van der Waals surface area contributed by atoms with Crippen LogP contribution in [0.15, 0.2) is 0 Å². The van der Waals surface area contributed by atoms with Gasteiger partial charge in [-0.25, -0.2) is 0 Å². The zero-order valence-electron chi connectivity index (χ0n) is 13.1. The van der Waals surface area contributed by atoms with Gasteiger partial charge in [0.2, 0.25) is 0 Å². The van der Waals surface area contributed by atoms with Crippen LogP contribution in [0.4, 0.5) is 0 Å². The Kier molecular flexibility index (Phi) is 2.93. The second-order valence-electron chi connectivity index (χ2n) is 8.35. The molecule has 104 valence electrons. The van der Waals surface area contributed by atoms with E-state index in [9.17, 15) is 4.79 Å². The number of rotatable bonds is 2. The molecular weight excluding hydrogens is 240 g/mol. The van der Waals surface area contributed by atoms with Crippen molar-refractivity contribution in [1.29, 1.82) is 0 Å². The van der Waals surface area contributed by atoms with Crippen LogP contribution in [0.5, 0.6) is 0 Å². The smallest absolute Gasteiger partial charge is 0.192 e. The SMILES string of the molecule is C[C@H]1[C@@H]2C(=O)C(C)(C)[C@@H](O[Si](C)(C)C(C)(C)C)[C@H]12. The van der Waals surface area contributed by atoms with Crippen molar-refractivity contribution in [1.82, 2.24) is 0 Å². The van der Waals surface area contributed by atoms with E-state index in [4.69, 9.17) is 4.43 Å². The molecule has 0 radical (unpaired) electrons. The van der Waals surface area contributed by atoms with Crippen LogP contribution >= 0.6 is 0 Å². The van der Waals surface area contributed by atoms with Crippen molar-refractivity contribution in [3.05, 3.63) is 0 Å². The highest BCUT2D eigenvalue weighted by Crippen LogP contribution is 2.63. The number of Topliss-reactive ketones (excluding diaryl/α,β-unsaturated/α-hetero) is 1. The van der Waals surface area contributed by atoms with E-state index in [1.54, 1.807) is 0 Å². The quantitative estimate of drug-likeness (QED) is 0.711. The molecule has 0 N–H and O–H groups in total. The lowest BCUT2D eigenvalue weighted by Crippen LogP contribution is -2.49. The van der Waals surface area contributed by atoms with Crippen LogP contribution in [0.3, 0.4) is 0 Å². The lowest BCUT2D eigenvalue weighted by molar-refractivity contribution is -0.130. The van der Waals surface area contributed by atoms with Crippen molar-refractivity contribution in [2.24, 2.45) is 23.2 Å². The molecule has 0 spiro atoms. The van der Waals surface area contributed by atoms with E-state index in [1.807, 2.05) is 0 Å². The van der Waals surface area contributed by atoms with Gasteiger partial charge in [-0.1, -0.05) is 41.5 Å². The maximum absolute atomic E-state index is 12.4. The van der Waals surface area contributed by atoms with Gasteiger partial charge in [0.05, 0.1) is 6.10 Å². The normalized spacial score (nSPS) is 38.8. The molecule has 0 aromatic heterocycles. The van der Waals surface area contributed by atoms with E-state index >= 15 is 0 Å². The minimum atomic E-state index is -1.79. The van der Waals surface area contributed by atoms with E-state index in [2.05, 4.69) is 54.6 Å². The summed E-state index contributed by atoms with van der Waals surface area (Å²) >= 11 is 0. The first-order valence-electron chi connectivity index (χ1n) is 7.13. The fraction of sp³-hybridized carbons (Fsp3) is 0.933. The molecular formula is C15H28O2Si. The summed E-state index contributed by atoms with van der Waals surface area (Å²) in [6.45, 7) is 17.7. The molecule has 0 unspecified atom stereocenters. The van der Waals surface area contributed by atoms with Crippen LogP contribution in [0.2, 0.25) is 18.1 Å². The summed E-state index contributed by atoms with van der Waals surface area (Å²) < 4.78 is 6.59. The maximum atomic E-state index is 12.4. The van der Waals surface area contributed by atoms with Crippen molar-refractivity contribution in [3.8, 4) is 0 Å². The molecule has 2 nitrogen and oxygen atoms in total. The number of fused-ring (bicyclic) bond motifs is 1. The fourth-order valence-corrected chi connectivity index (χ4v) is 4.58. The molecule has 2 saturated carbocycles. The zero-order valence-corrected chi connectivity index (χ0v) is 14.1. The molecule has 0 bridgehead atoms. The molecule has 0 saturated heterocycles. The Morgan fingerprint density at radius 3 is 2.11 bits per heavy atom. The van der Waals surface area contributed by atoms with Crippen LogP contribution in [-0.2, 0) is 9.22 Å². The number of carbonyl (C=O) groups is 1. The average Bonchev–Trinajstić information content (AvgIpc) is 2.76. The molecule has 2 fully saturated rings. The maximum Gasteiger partial charge on any atom is 0.192 e. The predicted octanol–water partition coefficient (Wildman–Crippen LogP) is 3.87. The molecule has 4 atom stereocenters. The lowest BCUT2D eigenvalue weighted by Gasteiger charge is -2.42. The predicted molar refractivity (Wildman–Crippen MR) is 77.0 cm³/mol. The molecule has 2 aliphatic rings. The monoisotopic (exact) mass is 268 g/mol. The van der Waals surface area contributed by atoms with E-state index < -0.39 is 8.32 Å². The van der Waals surface area contributed by atoms with Gasteiger partial charge in [-0.2, -0.15) is 0 Å². The Labute approximate surface area is 113 Å². The average molecular weight is 268 g/mol. The zero-order chi connectivity index (χ0) is 14.1. The van der Waals surface area contributed by atoms with Gasteiger partial charge in [0.25, 0.3) is 0 Å². The molecule has 0 heterocycles. The Bertz CT molecular complexity index is 378. The highest BCUT2D eigenvalue weighted by atomic mass is 28.4. The lowest BCUT2D eigenvalue weighted by atomic mass is 9.83. The second-order valence-corrected chi connectivity index (χ2v) is 13.1. The summed E-state index contributed by atoms with van der Waals surface area (Å²) in [6, 6.07) is 0. The van der Waals surface area contributed by atoms with Crippen molar-refractivity contribution in [3.63, 3.8) is 0 Å². The van der Waals surface area contributed by atoms with Crippen molar-refractivity contribution >= 4 is 14.1 Å². The van der Waals surface area contributed by atoms with E-state index in [1.165, 1.54) is 0 Å². The van der Waals surface area contributed by atoms with Gasteiger partial charge >= 0.3 is 0 Å². The molecule has 0 aromatic carbocycles. The first-order valence-corrected chi connectivity index (χ1v) is 10.0. The summed E-state index contributed by atoms with van der Waals surface area (Å²) in [5.41, 5.74) is -0.280. The first-order chi connectivity index (χ1) is 7.91. The summed E-state index contributed by atoms with van der Waals surface area (Å²) in [5, 5.41) is 0.211. The van der Waals surface area contributed by atoms with Gasteiger partial charge in [0.1, 0.15) is 5.78 Å². The minimum absolute atomic E-state index is 0.144. The number of ketones is 1. The third kappa shape index (κ3) is 1.82. The molecule has 0 amide bonds. The Morgan fingerprint density at radius 2 is 1.72 bits per heavy atom. The molecule has 0 aliphatic heterocycles. The number of carbonyl (C=O) groups excluding carboxylic acids is 1. The van der Waals surface area contributed by atoms with Gasteiger partial charge < -0.3 is 4.43 Å². The van der Waals surface area contributed by atoms with Gasteiger partial charge in [-0.3, -0.25) is 4.79 Å². The van der Waals surface area contributed by atoms with Crippen molar-refractivity contribution in [2.45, 2.75) is 65.8 Å². The third-order valence-corrected chi connectivity index (χ3v) is 10.1. The summed E-state index contributed by atoms with van der Waals surface area (Å²) in [4.78, 5) is 12.4. The van der Waals surface area contributed by atoms with E-state index in [0.29, 0.717) is 17.6 Å². The van der Waals surface area contributed by atoms with Gasteiger partial charge in [0, 0.05) is 11.3 Å². The Morgan fingerprint density at radius 1 is 1.22 bits per heavy atom. The summed E-state index contributed by atoms with van der Waals surface area (Å²) in [6.07, 6.45) is 0.144. The van der Waals surface area contributed by atoms with Crippen LogP contribution in [0.25, 0.3) is 0 Å². The van der Waals surface area contributed by atoms with Crippen molar-refractivity contribution in [2.75, 3.05) is 0 Å². The van der Waals surface area contributed by atoms with Crippen LogP contribution in [-0.4, -0.2) is 20.2 Å². The summed E-state index contributed by atoms with van der Waals surface area (Å²) in [7, 11) is -1.79. The van der Waals surface area contributed by atoms with Gasteiger partial charge in [-0.15, -0.1) is 0 Å². The Hall–Kier alpha value is -0.153. The number of hydrogen-bond donors (Lipinski definition) is 0. The van der Waals surface area contributed by atoms with Gasteiger partial charge in [-0.05, 0) is 30.0 Å². The van der Waals surface area contributed by atoms with Crippen LogP contribution in [0, 0.1) is 23.2 Å². The summed E-state index contributed by atoms with van der Waals surface area (Å²) in [5.74, 6) is 1.75. The molecule has 3 heteroatoms. The molecule has 0 aromatic rings. The van der Waals surface area contributed by atoms with Crippen LogP contribution in [0.1, 0.15) is 41.5 Å². The highest BCUT2D eigenvalue weighted by Gasteiger charge is 2.69. The van der Waals surface area contributed by atoms with E-state index in [-0.39, 0.29) is 22.5 Å². The topological polar surface area (TPSA) is 26.3 Å². The van der Waals surface area contributed by atoms with E-state index in [0.717, 1.165) is 0 Å². The molecule has 2 aliphatic carbocycles.